The van der Waals surface area contributed by atoms with Gasteiger partial charge in [0.15, 0.2) is 0 Å². The summed E-state index contributed by atoms with van der Waals surface area (Å²) in [6.45, 7) is 4.48. The zero-order valence-electron chi connectivity index (χ0n) is 17.9. The summed E-state index contributed by atoms with van der Waals surface area (Å²) in [5.41, 5.74) is 6.69. The molecule has 2 aromatic heterocycles. The molecule has 0 bridgehead atoms. The first-order chi connectivity index (χ1) is 15.1. The Hall–Kier alpha value is -1.36. The highest BCUT2D eigenvalue weighted by molar-refractivity contribution is 7.19. The number of nitrogens with two attached hydrogens (primary N) is 1. The summed E-state index contributed by atoms with van der Waals surface area (Å²) in [4.78, 5) is 13.9. The number of thiophene rings is 1. The molecule has 3 heterocycles. The fourth-order valence-electron chi connectivity index (χ4n) is 5.53. The van der Waals surface area contributed by atoms with E-state index in [-0.39, 0.29) is 12.0 Å². The molecule has 5 rings (SSSR count). The maximum Gasteiger partial charge on any atom is 0.225 e. The van der Waals surface area contributed by atoms with Gasteiger partial charge in [0, 0.05) is 37.1 Å². The molecule has 2 aliphatic carbocycles. The van der Waals surface area contributed by atoms with Crippen LogP contribution in [0.4, 0.5) is 0 Å². The second kappa shape index (κ2) is 9.25. The normalized spacial score (nSPS) is 29.1. The predicted molar refractivity (Wildman–Crippen MR) is 120 cm³/mol. The Bertz CT molecular complexity index is 893. The average molecular weight is 448 g/mol. The van der Waals surface area contributed by atoms with E-state index in [1.807, 2.05) is 0 Å². The van der Waals surface area contributed by atoms with Crippen molar-refractivity contribution in [3.63, 3.8) is 0 Å². The standard InChI is InChI=1S/C22H33N5O3S/c23-20(29)16(28)11-13-1-6-17-18(13)19-21(25-12-26-22(19)31-17)30-15-4-2-14(3-5-15)27-9-7-24-8-10-27/h12-16,20,24,28-29H,1-11,23H2/t13-,14-,15-,16+,20?/m1/s1. The Labute approximate surface area is 186 Å². The van der Waals surface area contributed by atoms with Crippen molar-refractivity contribution in [1.29, 1.82) is 0 Å². The molecule has 2 aromatic rings. The maximum absolute atomic E-state index is 10.1. The summed E-state index contributed by atoms with van der Waals surface area (Å²) in [5.74, 6) is 0.830. The third kappa shape index (κ3) is 4.44. The number of nitrogens with zero attached hydrogens (tertiary/aromatic N) is 3. The number of nitrogens with one attached hydrogen (secondary N) is 1. The Morgan fingerprint density at radius 3 is 2.68 bits per heavy atom. The van der Waals surface area contributed by atoms with Gasteiger partial charge in [-0.05, 0) is 56.4 Å². The van der Waals surface area contributed by atoms with Gasteiger partial charge in [-0.15, -0.1) is 11.3 Å². The van der Waals surface area contributed by atoms with E-state index in [1.54, 1.807) is 17.7 Å². The van der Waals surface area contributed by atoms with Gasteiger partial charge in [-0.2, -0.15) is 0 Å². The second-order valence-electron chi connectivity index (χ2n) is 9.16. The van der Waals surface area contributed by atoms with Crippen molar-refractivity contribution in [3.8, 4) is 5.88 Å². The summed E-state index contributed by atoms with van der Waals surface area (Å²) in [6, 6.07) is 0.673. The number of rotatable bonds is 6. The maximum atomic E-state index is 10.1. The number of hydrogen-bond acceptors (Lipinski definition) is 9. The fraction of sp³-hybridized carbons (Fsp3) is 0.727. The third-order valence-corrected chi connectivity index (χ3v) is 8.38. The molecule has 0 radical (unpaired) electrons. The van der Waals surface area contributed by atoms with Crippen molar-refractivity contribution in [2.45, 2.75) is 75.3 Å². The van der Waals surface area contributed by atoms with Crippen LogP contribution < -0.4 is 15.8 Å². The number of aromatic nitrogens is 2. The molecular formula is C22H33N5O3S. The van der Waals surface area contributed by atoms with Crippen LogP contribution in [0.3, 0.4) is 0 Å². The first-order valence-corrected chi connectivity index (χ1v) is 12.4. The summed E-state index contributed by atoms with van der Waals surface area (Å²) in [7, 11) is 0. The first-order valence-electron chi connectivity index (χ1n) is 11.6. The molecule has 9 heteroatoms. The van der Waals surface area contributed by atoms with Gasteiger partial charge in [-0.3, -0.25) is 4.90 Å². The summed E-state index contributed by atoms with van der Waals surface area (Å²) in [5, 5.41) is 24.1. The number of aryl methyl sites for hydroxylation is 1. The minimum absolute atomic E-state index is 0.147. The monoisotopic (exact) mass is 447 g/mol. The number of ether oxygens (including phenoxy) is 1. The van der Waals surface area contributed by atoms with Crippen LogP contribution in [0, 0.1) is 0 Å². The molecule has 1 saturated heterocycles. The highest BCUT2D eigenvalue weighted by atomic mass is 32.1. The topological polar surface area (TPSA) is 117 Å². The summed E-state index contributed by atoms with van der Waals surface area (Å²) < 4.78 is 6.48. The number of hydrogen-bond donors (Lipinski definition) is 4. The number of piperazine rings is 1. The van der Waals surface area contributed by atoms with Crippen molar-refractivity contribution in [3.05, 3.63) is 16.8 Å². The van der Waals surface area contributed by atoms with E-state index in [2.05, 4.69) is 20.2 Å². The molecule has 3 aliphatic rings. The smallest absolute Gasteiger partial charge is 0.225 e. The Kier molecular flexibility index (Phi) is 6.41. The number of aliphatic hydroxyl groups is 2. The van der Waals surface area contributed by atoms with Gasteiger partial charge in [0.25, 0.3) is 0 Å². The van der Waals surface area contributed by atoms with Gasteiger partial charge in [0.05, 0.1) is 11.5 Å². The zero-order chi connectivity index (χ0) is 21.4. The predicted octanol–water partition coefficient (Wildman–Crippen LogP) is 1.34. The molecule has 31 heavy (non-hydrogen) atoms. The van der Waals surface area contributed by atoms with E-state index in [4.69, 9.17) is 10.5 Å². The van der Waals surface area contributed by atoms with Gasteiger partial charge in [0.2, 0.25) is 5.88 Å². The molecule has 170 valence electrons. The molecule has 1 aliphatic heterocycles. The van der Waals surface area contributed by atoms with E-state index < -0.39 is 12.3 Å². The highest BCUT2D eigenvalue weighted by Gasteiger charge is 2.33. The molecule has 0 aromatic carbocycles. The lowest BCUT2D eigenvalue weighted by molar-refractivity contribution is 0.0146. The van der Waals surface area contributed by atoms with E-state index in [0.29, 0.717) is 18.3 Å². The van der Waals surface area contributed by atoms with Crippen LogP contribution in [-0.2, 0) is 6.42 Å². The largest absolute Gasteiger partial charge is 0.474 e. The quantitative estimate of drug-likeness (QED) is 0.490. The molecular weight excluding hydrogens is 414 g/mol. The fourth-order valence-corrected chi connectivity index (χ4v) is 6.76. The van der Waals surface area contributed by atoms with Crippen LogP contribution in [0.1, 0.15) is 54.9 Å². The van der Waals surface area contributed by atoms with Crippen LogP contribution >= 0.6 is 11.3 Å². The molecule has 1 saturated carbocycles. The molecule has 0 spiro atoms. The van der Waals surface area contributed by atoms with Gasteiger partial charge in [-0.25, -0.2) is 9.97 Å². The van der Waals surface area contributed by atoms with Crippen molar-refractivity contribution >= 4 is 21.6 Å². The minimum Gasteiger partial charge on any atom is -0.474 e. The van der Waals surface area contributed by atoms with E-state index in [0.717, 1.165) is 62.1 Å². The van der Waals surface area contributed by atoms with Crippen LogP contribution in [-0.4, -0.2) is 75.7 Å². The Morgan fingerprint density at radius 1 is 1.16 bits per heavy atom. The van der Waals surface area contributed by atoms with Crippen molar-refractivity contribution in [2.75, 3.05) is 26.2 Å². The molecule has 2 fully saturated rings. The molecule has 5 N–H and O–H groups in total. The van der Waals surface area contributed by atoms with Gasteiger partial charge < -0.3 is 26.0 Å². The van der Waals surface area contributed by atoms with Crippen LogP contribution in [0.5, 0.6) is 5.88 Å². The SMILES string of the molecule is NC(O)[C@@H](O)C[C@H]1CCc2sc3ncnc(O[C@H]4CC[C@H](N5CCNCC5)CC4)c3c21. The van der Waals surface area contributed by atoms with Gasteiger partial charge in [0.1, 0.15) is 23.5 Å². The Balaban J connectivity index is 1.31. The lowest BCUT2D eigenvalue weighted by atomic mass is 9.91. The molecule has 1 unspecified atom stereocenters. The highest BCUT2D eigenvalue weighted by Crippen LogP contribution is 2.47. The Morgan fingerprint density at radius 2 is 1.94 bits per heavy atom. The summed E-state index contributed by atoms with van der Waals surface area (Å²) >= 11 is 1.70. The van der Waals surface area contributed by atoms with E-state index >= 15 is 0 Å². The first kappa shape index (κ1) is 21.5. The minimum atomic E-state index is -1.22. The van der Waals surface area contributed by atoms with Crippen LogP contribution in [0.2, 0.25) is 0 Å². The number of fused-ring (bicyclic) bond motifs is 3. The van der Waals surface area contributed by atoms with Crippen molar-refractivity contribution in [1.82, 2.24) is 20.2 Å². The number of aliphatic hydroxyl groups excluding tert-OH is 2. The zero-order valence-corrected chi connectivity index (χ0v) is 18.7. The lowest BCUT2D eigenvalue weighted by Crippen LogP contribution is -2.50. The van der Waals surface area contributed by atoms with Crippen LogP contribution in [0.15, 0.2) is 6.33 Å². The second-order valence-corrected chi connectivity index (χ2v) is 10.2. The third-order valence-electron chi connectivity index (χ3n) is 7.21. The van der Waals surface area contributed by atoms with Crippen molar-refractivity contribution in [2.24, 2.45) is 5.73 Å². The van der Waals surface area contributed by atoms with E-state index in [9.17, 15) is 10.2 Å². The average Bonchev–Trinajstić information content (AvgIpc) is 3.35. The summed E-state index contributed by atoms with van der Waals surface area (Å²) in [6.07, 6.45) is 6.43. The molecule has 3 atom stereocenters. The van der Waals surface area contributed by atoms with Crippen molar-refractivity contribution < 1.29 is 14.9 Å². The lowest BCUT2D eigenvalue weighted by Gasteiger charge is -2.39. The van der Waals surface area contributed by atoms with Gasteiger partial charge >= 0.3 is 0 Å². The molecule has 8 nitrogen and oxygen atoms in total. The van der Waals surface area contributed by atoms with Crippen LogP contribution in [0.25, 0.3) is 10.2 Å². The van der Waals surface area contributed by atoms with E-state index in [1.165, 1.54) is 23.3 Å². The van der Waals surface area contributed by atoms with Gasteiger partial charge in [-0.1, -0.05) is 0 Å². The molecule has 0 amide bonds.